The van der Waals surface area contributed by atoms with Gasteiger partial charge < -0.3 is 25.0 Å². The average Bonchev–Trinajstić information content (AvgIpc) is 2.97. The van der Waals surface area contributed by atoms with Crippen LogP contribution in [0.4, 0.5) is 19.3 Å². The Bertz CT molecular complexity index is 899. The molecule has 0 bridgehead atoms. The van der Waals surface area contributed by atoms with Gasteiger partial charge in [-0.25, -0.2) is 4.79 Å². The SMILES string of the molecule is O=C(Nc1cnccc1Cl)N1CCNCC1Cc1ccc2c(c1)OC(F)(F)O2. The predicted molar refractivity (Wildman–Crippen MR) is 98.0 cm³/mol. The summed E-state index contributed by atoms with van der Waals surface area (Å²) in [6.45, 7) is 1.72. The van der Waals surface area contributed by atoms with Crippen molar-refractivity contribution >= 4 is 23.3 Å². The van der Waals surface area contributed by atoms with E-state index in [1.165, 1.54) is 24.5 Å². The van der Waals surface area contributed by atoms with Crippen molar-refractivity contribution in [2.45, 2.75) is 18.8 Å². The molecule has 1 fully saturated rings. The minimum atomic E-state index is -3.65. The van der Waals surface area contributed by atoms with Crippen LogP contribution < -0.4 is 20.1 Å². The van der Waals surface area contributed by atoms with Crippen LogP contribution in [0.3, 0.4) is 0 Å². The maximum Gasteiger partial charge on any atom is 0.586 e. The molecule has 1 aromatic carbocycles. The third kappa shape index (κ3) is 3.95. The van der Waals surface area contributed by atoms with Crippen LogP contribution in [0.5, 0.6) is 11.5 Å². The molecule has 4 rings (SSSR count). The standard InChI is InChI=1S/C18H17ClF2N4O3/c19-13-3-4-22-10-14(13)24-17(26)25-6-5-23-9-12(25)7-11-1-2-15-16(8-11)28-18(20,21)27-15/h1-4,8,10,12,23H,5-7,9H2,(H,24,26). The number of alkyl halides is 2. The highest BCUT2D eigenvalue weighted by atomic mass is 35.5. The van der Waals surface area contributed by atoms with Crippen molar-refractivity contribution in [2.75, 3.05) is 25.0 Å². The van der Waals surface area contributed by atoms with Crippen LogP contribution in [0.25, 0.3) is 0 Å². The van der Waals surface area contributed by atoms with Crippen LogP contribution in [0.2, 0.25) is 5.02 Å². The lowest BCUT2D eigenvalue weighted by Crippen LogP contribution is -2.55. The Balaban J connectivity index is 1.47. The normalized spacial score (nSPS) is 20.1. The summed E-state index contributed by atoms with van der Waals surface area (Å²) in [6, 6.07) is 5.76. The van der Waals surface area contributed by atoms with E-state index in [2.05, 4.69) is 25.1 Å². The molecular weight excluding hydrogens is 394 g/mol. The van der Waals surface area contributed by atoms with E-state index in [1.54, 1.807) is 17.0 Å². The van der Waals surface area contributed by atoms with Gasteiger partial charge in [-0.1, -0.05) is 17.7 Å². The summed E-state index contributed by atoms with van der Waals surface area (Å²) in [6.07, 6.45) is -0.171. The number of hydrogen-bond acceptors (Lipinski definition) is 5. The smallest absolute Gasteiger partial charge is 0.395 e. The van der Waals surface area contributed by atoms with Crippen LogP contribution in [-0.2, 0) is 6.42 Å². The van der Waals surface area contributed by atoms with E-state index in [9.17, 15) is 13.6 Å². The van der Waals surface area contributed by atoms with Crippen molar-refractivity contribution in [3.05, 3.63) is 47.2 Å². The van der Waals surface area contributed by atoms with Crippen molar-refractivity contribution in [1.29, 1.82) is 0 Å². The molecule has 28 heavy (non-hydrogen) atoms. The lowest BCUT2D eigenvalue weighted by molar-refractivity contribution is -0.286. The highest BCUT2D eigenvalue weighted by Gasteiger charge is 2.43. The summed E-state index contributed by atoms with van der Waals surface area (Å²) >= 11 is 6.08. The Morgan fingerprint density at radius 1 is 1.36 bits per heavy atom. The quantitative estimate of drug-likeness (QED) is 0.813. The van der Waals surface area contributed by atoms with Crippen molar-refractivity contribution < 1.29 is 23.0 Å². The van der Waals surface area contributed by atoms with Crippen LogP contribution in [0.15, 0.2) is 36.7 Å². The number of anilines is 1. The first-order chi connectivity index (χ1) is 13.4. The molecule has 3 heterocycles. The number of rotatable bonds is 3. The van der Waals surface area contributed by atoms with Crippen LogP contribution in [-0.4, -0.2) is 47.9 Å². The highest BCUT2D eigenvalue weighted by molar-refractivity contribution is 6.33. The minimum Gasteiger partial charge on any atom is -0.395 e. The minimum absolute atomic E-state index is 0.00339. The van der Waals surface area contributed by atoms with Crippen molar-refractivity contribution in [3.63, 3.8) is 0 Å². The fourth-order valence-electron chi connectivity index (χ4n) is 3.26. The van der Waals surface area contributed by atoms with E-state index in [0.717, 1.165) is 5.56 Å². The first-order valence-electron chi connectivity index (χ1n) is 8.68. The van der Waals surface area contributed by atoms with E-state index in [1.807, 2.05) is 0 Å². The zero-order valence-electron chi connectivity index (χ0n) is 14.6. The van der Waals surface area contributed by atoms with Gasteiger partial charge in [-0.3, -0.25) is 4.98 Å². The van der Waals surface area contributed by atoms with Gasteiger partial charge in [-0.05, 0) is 30.2 Å². The molecule has 0 spiro atoms. The number of nitrogens with one attached hydrogen (secondary N) is 2. The number of ether oxygens (including phenoxy) is 2. The number of carbonyl (C=O) groups is 1. The number of benzene rings is 1. The Hall–Kier alpha value is -2.65. The summed E-state index contributed by atoms with van der Waals surface area (Å²) in [4.78, 5) is 18.4. The van der Waals surface area contributed by atoms with Crippen LogP contribution in [0, 0.1) is 0 Å². The molecular formula is C18H17ClF2N4O3. The van der Waals surface area contributed by atoms with E-state index in [-0.39, 0.29) is 23.6 Å². The molecule has 2 N–H and O–H groups in total. The molecule has 2 aliphatic heterocycles. The maximum absolute atomic E-state index is 13.2. The number of urea groups is 1. The van der Waals surface area contributed by atoms with Gasteiger partial charge in [0.2, 0.25) is 0 Å². The molecule has 1 aromatic heterocycles. The largest absolute Gasteiger partial charge is 0.586 e. The fraction of sp³-hybridized carbons (Fsp3) is 0.333. The zero-order chi connectivity index (χ0) is 19.7. The number of carbonyl (C=O) groups excluding carboxylic acids is 1. The van der Waals surface area contributed by atoms with Crippen molar-refractivity contribution in [3.8, 4) is 11.5 Å². The number of nitrogens with zero attached hydrogens (tertiary/aromatic N) is 2. The molecule has 2 amide bonds. The second kappa shape index (κ2) is 7.40. The van der Waals surface area contributed by atoms with E-state index in [0.29, 0.717) is 36.8 Å². The number of pyridine rings is 1. The van der Waals surface area contributed by atoms with Crippen LogP contribution >= 0.6 is 11.6 Å². The molecule has 2 aliphatic rings. The fourth-order valence-corrected chi connectivity index (χ4v) is 3.41. The Kier molecular flexibility index (Phi) is 4.94. The van der Waals surface area contributed by atoms with Gasteiger partial charge in [0.25, 0.3) is 0 Å². The third-order valence-corrected chi connectivity index (χ3v) is 4.89. The number of amides is 2. The second-order valence-electron chi connectivity index (χ2n) is 6.49. The lowest BCUT2D eigenvalue weighted by atomic mass is 10.0. The molecule has 2 aromatic rings. The lowest BCUT2D eigenvalue weighted by Gasteiger charge is -2.36. The summed E-state index contributed by atoms with van der Waals surface area (Å²) in [7, 11) is 0. The molecule has 0 aliphatic carbocycles. The van der Waals surface area contributed by atoms with Crippen LogP contribution in [0.1, 0.15) is 5.56 Å². The number of piperazine rings is 1. The van der Waals surface area contributed by atoms with Gasteiger partial charge in [0, 0.05) is 31.9 Å². The summed E-state index contributed by atoms with van der Waals surface area (Å²) < 4.78 is 35.3. The molecule has 1 saturated heterocycles. The molecule has 1 unspecified atom stereocenters. The number of hydrogen-bond donors (Lipinski definition) is 2. The van der Waals surface area contributed by atoms with Crippen molar-refractivity contribution in [2.24, 2.45) is 0 Å². The van der Waals surface area contributed by atoms with E-state index >= 15 is 0 Å². The zero-order valence-corrected chi connectivity index (χ0v) is 15.4. The average molecular weight is 411 g/mol. The molecule has 1 atom stereocenters. The number of halogens is 3. The predicted octanol–water partition coefficient (Wildman–Crippen LogP) is 3.10. The topological polar surface area (TPSA) is 75.7 Å². The van der Waals surface area contributed by atoms with Gasteiger partial charge in [0.1, 0.15) is 0 Å². The van der Waals surface area contributed by atoms with Gasteiger partial charge >= 0.3 is 12.3 Å². The van der Waals surface area contributed by atoms with Gasteiger partial charge in [0.15, 0.2) is 11.5 Å². The Morgan fingerprint density at radius 3 is 3.00 bits per heavy atom. The van der Waals surface area contributed by atoms with E-state index in [4.69, 9.17) is 11.6 Å². The Morgan fingerprint density at radius 2 is 2.18 bits per heavy atom. The van der Waals surface area contributed by atoms with Gasteiger partial charge in [-0.15, -0.1) is 8.78 Å². The molecule has 148 valence electrons. The molecule has 0 radical (unpaired) electrons. The summed E-state index contributed by atoms with van der Waals surface area (Å²) in [5.74, 6) is -0.0132. The Labute approximate surface area is 164 Å². The van der Waals surface area contributed by atoms with Gasteiger partial charge in [0.05, 0.1) is 16.9 Å². The first kappa shape index (κ1) is 18.7. The number of fused-ring (bicyclic) bond motifs is 1. The molecule has 7 nitrogen and oxygen atoms in total. The van der Waals surface area contributed by atoms with Gasteiger partial charge in [-0.2, -0.15) is 0 Å². The van der Waals surface area contributed by atoms with E-state index < -0.39 is 6.29 Å². The molecule has 0 saturated carbocycles. The second-order valence-corrected chi connectivity index (χ2v) is 6.90. The van der Waals surface area contributed by atoms with Crippen molar-refractivity contribution in [1.82, 2.24) is 15.2 Å². The number of aromatic nitrogens is 1. The molecule has 10 heteroatoms. The third-order valence-electron chi connectivity index (χ3n) is 4.56. The highest BCUT2D eigenvalue weighted by Crippen LogP contribution is 2.41. The first-order valence-corrected chi connectivity index (χ1v) is 9.06. The monoisotopic (exact) mass is 410 g/mol. The summed E-state index contributed by atoms with van der Waals surface area (Å²) in [5.41, 5.74) is 1.18. The summed E-state index contributed by atoms with van der Waals surface area (Å²) in [5, 5.41) is 6.41. The maximum atomic E-state index is 13.2.